The Morgan fingerprint density at radius 1 is 1.19 bits per heavy atom. The van der Waals surface area contributed by atoms with Crippen LogP contribution in [0.4, 0.5) is 0 Å². The normalized spacial score (nSPS) is 13.0. The molecule has 0 aliphatic heterocycles. The number of hydrogen-bond donors (Lipinski definition) is 1. The van der Waals surface area contributed by atoms with Crippen LogP contribution in [0.15, 0.2) is 0 Å². The van der Waals surface area contributed by atoms with Crippen LogP contribution in [-0.4, -0.2) is 45.2 Å². The Morgan fingerprint density at radius 3 is 2.31 bits per heavy atom. The maximum absolute atomic E-state index is 11.7. The SMILES string of the molecule is CCOCCCNCCS(=O)(=O)C(C)(C)C. The van der Waals surface area contributed by atoms with Gasteiger partial charge in [-0.2, -0.15) is 0 Å². The second-order valence-electron chi connectivity index (χ2n) is 4.73. The molecule has 0 aromatic rings. The maximum Gasteiger partial charge on any atom is 0.156 e. The van der Waals surface area contributed by atoms with Gasteiger partial charge in [0, 0.05) is 19.8 Å². The maximum atomic E-state index is 11.7. The number of hydrogen-bond acceptors (Lipinski definition) is 4. The van der Waals surface area contributed by atoms with Gasteiger partial charge in [0.1, 0.15) is 0 Å². The van der Waals surface area contributed by atoms with E-state index >= 15 is 0 Å². The van der Waals surface area contributed by atoms with Gasteiger partial charge in [-0.1, -0.05) is 0 Å². The summed E-state index contributed by atoms with van der Waals surface area (Å²) in [5.74, 6) is 0.200. The molecule has 0 unspecified atom stereocenters. The number of ether oxygens (including phenoxy) is 1. The van der Waals surface area contributed by atoms with Gasteiger partial charge >= 0.3 is 0 Å². The van der Waals surface area contributed by atoms with E-state index < -0.39 is 14.6 Å². The fraction of sp³-hybridized carbons (Fsp3) is 1.00. The van der Waals surface area contributed by atoms with Crippen LogP contribution < -0.4 is 5.32 Å². The Bertz CT molecular complexity index is 267. The highest BCUT2D eigenvalue weighted by Crippen LogP contribution is 2.14. The van der Waals surface area contributed by atoms with Crippen molar-refractivity contribution in [3.63, 3.8) is 0 Å². The second kappa shape index (κ2) is 7.25. The van der Waals surface area contributed by atoms with Crippen molar-refractivity contribution < 1.29 is 13.2 Å². The number of rotatable bonds is 8. The standard InChI is InChI=1S/C11H25NO3S/c1-5-15-9-6-7-12-8-10-16(13,14)11(2,3)4/h12H,5-10H2,1-4H3. The Kier molecular flexibility index (Phi) is 7.19. The summed E-state index contributed by atoms with van der Waals surface area (Å²) in [4.78, 5) is 0. The fourth-order valence-corrected chi connectivity index (χ4v) is 2.11. The molecule has 0 aromatic carbocycles. The second-order valence-corrected chi connectivity index (χ2v) is 7.59. The van der Waals surface area contributed by atoms with E-state index in [0.29, 0.717) is 6.54 Å². The highest BCUT2D eigenvalue weighted by Gasteiger charge is 2.27. The summed E-state index contributed by atoms with van der Waals surface area (Å²) < 4.78 is 28.0. The molecule has 1 N–H and O–H groups in total. The zero-order chi connectivity index (χ0) is 12.7. The smallest absolute Gasteiger partial charge is 0.156 e. The zero-order valence-corrected chi connectivity index (χ0v) is 11.7. The Hall–Kier alpha value is -0.130. The first-order chi connectivity index (χ1) is 7.31. The summed E-state index contributed by atoms with van der Waals surface area (Å²) in [6.07, 6.45) is 0.920. The van der Waals surface area contributed by atoms with Gasteiger partial charge in [-0.15, -0.1) is 0 Å². The van der Waals surface area contributed by atoms with Gasteiger partial charge in [0.25, 0.3) is 0 Å². The summed E-state index contributed by atoms with van der Waals surface area (Å²) in [6.45, 7) is 9.95. The van der Waals surface area contributed by atoms with Crippen LogP contribution in [-0.2, 0) is 14.6 Å². The summed E-state index contributed by atoms with van der Waals surface area (Å²) in [7, 11) is -2.99. The van der Waals surface area contributed by atoms with E-state index in [4.69, 9.17) is 4.74 Å². The van der Waals surface area contributed by atoms with E-state index in [1.807, 2.05) is 6.92 Å². The summed E-state index contributed by atoms with van der Waals surface area (Å²) in [6, 6.07) is 0. The number of nitrogens with one attached hydrogen (secondary N) is 1. The minimum atomic E-state index is -2.99. The molecule has 0 aliphatic rings. The van der Waals surface area contributed by atoms with E-state index in [1.54, 1.807) is 20.8 Å². The quantitative estimate of drug-likeness (QED) is 0.659. The lowest BCUT2D eigenvalue weighted by atomic mass is 10.3. The van der Waals surface area contributed by atoms with Gasteiger partial charge in [0.15, 0.2) is 9.84 Å². The molecule has 0 amide bonds. The summed E-state index contributed by atoms with van der Waals surface area (Å²) >= 11 is 0. The third kappa shape index (κ3) is 6.45. The van der Waals surface area contributed by atoms with Gasteiger partial charge < -0.3 is 10.1 Å². The third-order valence-corrected chi connectivity index (χ3v) is 4.93. The van der Waals surface area contributed by atoms with Crippen LogP contribution >= 0.6 is 0 Å². The van der Waals surface area contributed by atoms with E-state index in [0.717, 1.165) is 26.2 Å². The van der Waals surface area contributed by atoms with Crippen molar-refractivity contribution >= 4 is 9.84 Å². The lowest BCUT2D eigenvalue weighted by molar-refractivity contribution is 0.145. The van der Waals surface area contributed by atoms with Crippen molar-refractivity contribution in [2.45, 2.75) is 38.9 Å². The molecule has 0 radical (unpaired) electrons. The molecule has 0 saturated heterocycles. The fourth-order valence-electron chi connectivity index (χ4n) is 1.08. The number of sulfone groups is 1. The molecule has 4 nitrogen and oxygen atoms in total. The predicted molar refractivity (Wildman–Crippen MR) is 67.5 cm³/mol. The topological polar surface area (TPSA) is 55.4 Å². The first-order valence-electron chi connectivity index (χ1n) is 5.82. The van der Waals surface area contributed by atoms with Crippen LogP contribution in [0.5, 0.6) is 0 Å². The Labute approximate surface area is 99.7 Å². The van der Waals surface area contributed by atoms with Gasteiger partial charge in [0.05, 0.1) is 10.5 Å². The van der Waals surface area contributed by atoms with E-state index in [1.165, 1.54) is 0 Å². The van der Waals surface area contributed by atoms with E-state index in [9.17, 15) is 8.42 Å². The van der Waals surface area contributed by atoms with Crippen LogP contribution in [0.25, 0.3) is 0 Å². The Balaban J connectivity index is 3.60. The van der Waals surface area contributed by atoms with E-state index in [2.05, 4.69) is 5.32 Å². The molecule has 0 spiro atoms. The van der Waals surface area contributed by atoms with Crippen molar-refractivity contribution in [3.05, 3.63) is 0 Å². The highest BCUT2D eigenvalue weighted by atomic mass is 32.2. The largest absolute Gasteiger partial charge is 0.382 e. The molecule has 0 fully saturated rings. The van der Waals surface area contributed by atoms with Gasteiger partial charge in [-0.25, -0.2) is 8.42 Å². The monoisotopic (exact) mass is 251 g/mol. The molecule has 0 heterocycles. The molecule has 0 aromatic heterocycles. The first kappa shape index (κ1) is 15.9. The Morgan fingerprint density at radius 2 is 1.81 bits per heavy atom. The van der Waals surface area contributed by atoms with Crippen molar-refractivity contribution in [2.24, 2.45) is 0 Å². The molecule has 98 valence electrons. The minimum absolute atomic E-state index is 0.200. The van der Waals surface area contributed by atoms with Crippen molar-refractivity contribution in [1.82, 2.24) is 5.32 Å². The molecular weight excluding hydrogens is 226 g/mol. The van der Waals surface area contributed by atoms with Crippen molar-refractivity contribution in [1.29, 1.82) is 0 Å². The average Bonchev–Trinajstić information content (AvgIpc) is 2.14. The van der Waals surface area contributed by atoms with Gasteiger partial charge in [-0.05, 0) is 40.7 Å². The minimum Gasteiger partial charge on any atom is -0.382 e. The molecule has 0 saturated carbocycles. The molecule has 0 aliphatic carbocycles. The van der Waals surface area contributed by atoms with Crippen LogP contribution in [0, 0.1) is 0 Å². The van der Waals surface area contributed by atoms with Crippen molar-refractivity contribution in [3.8, 4) is 0 Å². The van der Waals surface area contributed by atoms with Crippen LogP contribution in [0.2, 0.25) is 0 Å². The zero-order valence-electron chi connectivity index (χ0n) is 10.9. The molecule has 0 bridgehead atoms. The summed E-state index contributed by atoms with van der Waals surface area (Å²) in [5.41, 5.74) is 0. The summed E-state index contributed by atoms with van der Waals surface area (Å²) in [5, 5.41) is 3.11. The predicted octanol–water partition coefficient (Wildman–Crippen LogP) is 1.22. The average molecular weight is 251 g/mol. The van der Waals surface area contributed by atoms with E-state index in [-0.39, 0.29) is 5.75 Å². The van der Waals surface area contributed by atoms with Gasteiger partial charge in [-0.3, -0.25) is 0 Å². The van der Waals surface area contributed by atoms with Crippen molar-refractivity contribution in [2.75, 3.05) is 32.1 Å². The highest BCUT2D eigenvalue weighted by molar-refractivity contribution is 7.92. The molecule has 0 atom stereocenters. The lowest BCUT2D eigenvalue weighted by Crippen LogP contribution is -2.35. The van der Waals surface area contributed by atoms with Crippen LogP contribution in [0.3, 0.4) is 0 Å². The van der Waals surface area contributed by atoms with Crippen LogP contribution in [0.1, 0.15) is 34.1 Å². The molecule has 0 rings (SSSR count). The molecule has 5 heteroatoms. The lowest BCUT2D eigenvalue weighted by Gasteiger charge is -2.19. The molecule has 16 heavy (non-hydrogen) atoms. The van der Waals surface area contributed by atoms with Gasteiger partial charge in [0.2, 0.25) is 0 Å². The first-order valence-corrected chi connectivity index (χ1v) is 7.47. The molecular formula is C11H25NO3S. The third-order valence-electron chi connectivity index (χ3n) is 2.33.